The lowest BCUT2D eigenvalue weighted by atomic mass is 10.1. The first-order valence-electron chi connectivity index (χ1n) is 7.89. The molecule has 0 aliphatic heterocycles. The normalized spacial score (nSPS) is 14.7. The van der Waals surface area contributed by atoms with Gasteiger partial charge in [-0.15, -0.1) is 0 Å². The highest BCUT2D eigenvalue weighted by Gasteiger charge is 2.37. The van der Waals surface area contributed by atoms with Crippen molar-refractivity contribution in [2.45, 2.75) is 26.8 Å². The fourth-order valence-corrected chi connectivity index (χ4v) is 3.61. The summed E-state index contributed by atoms with van der Waals surface area (Å²) in [7, 11) is -4.57. The maximum atomic E-state index is 13.9. The fraction of sp³-hybridized carbons (Fsp3) is 0.294. The molecule has 0 aromatic heterocycles. The third-order valence-electron chi connectivity index (χ3n) is 3.71. The molecule has 2 rings (SSSR count). The van der Waals surface area contributed by atoms with Gasteiger partial charge in [-0.3, -0.25) is 0 Å². The van der Waals surface area contributed by atoms with E-state index in [1.54, 1.807) is 26.8 Å². The third-order valence-corrected chi connectivity index (χ3v) is 5.31. The first kappa shape index (κ1) is 21.2. The van der Waals surface area contributed by atoms with Gasteiger partial charge in [-0.25, -0.2) is 17.7 Å². The molecule has 27 heavy (non-hydrogen) atoms. The average molecular weight is 409 g/mol. The van der Waals surface area contributed by atoms with Gasteiger partial charge < -0.3 is 9.05 Å². The number of halogens is 5. The summed E-state index contributed by atoms with van der Waals surface area (Å²) in [5, 5.41) is 2.44. The third kappa shape index (κ3) is 4.78. The summed E-state index contributed by atoms with van der Waals surface area (Å²) < 4.78 is 90.8. The summed E-state index contributed by atoms with van der Waals surface area (Å²) in [5.41, 5.74) is 0. The van der Waals surface area contributed by atoms with Crippen LogP contribution >= 0.6 is 7.75 Å². The van der Waals surface area contributed by atoms with Crippen molar-refractivity contribution in [3.63, 3.8) is 0 Å². The molecule has 148 valence electrons. The number of hydrogen-bond acceptors (Lipinski definition) is 3. The molecule has 2 aromatic rings. The quantitative estimate of drug-likeness (QED) is 0.281. The molecule has 4 nitrogen and oxygen atoms in total. The van der Waals surface area contributed by atoms with E-state index in [2.05, 4.69) is 5.09 Å². The van der Waals surface area contributed by atoms with Crippen molar-refractivity contribution >= 4 is 7.75 Å². The summed E-state index contributed by atoms with van der Waals surface area (Å²) in [6.07, 6.45) is 0. The predicted octanol–water partition coefficient (Wildman–Crippen LogP) is 5.58. The lowest BCUT2D eigenvalue weighted by molar-refractivity contribution is 0.311. The van der Waals surface area contributed by atoms with Crippen LogP contribution in [-0.4, -0.2) is 6.04 Å². The largest absolute Gasteiger partial charge is 0.513 e. The molecule has 0 heterocycles. The molecule has 0 aliphatic carbocycles. The van der Waals surface area contributed by atoms with Gasteiger partial charge in [0.05, 0.1) is 0 Å². The molecule has 10 heteroatoms. The van der Waals surface area contributed by atoms with Crippen molar-refractivity contribution in [3.8, 4) is 11.5 Å². The van der Waals surface area contributed by atoms with Crippen LogP contribution in [-0.2, 0) is 4.57 Å². The molecular formula is C17H17F5NO3P. The lowest BCUT2D eigenvalue weighted by Gasteiger charge is -2.25. The van der Waals surface area contributed by atoms with Crippen LogP contribution in [0, 0.1) is 35.0 Å². The van der Waals surface area contributed by atoms with Crippen LogP contribution in [0.5, 0.6) is 11.5 Å². The zero-order chi connectivity index (χ0) is 20.4. The van der Waals surface area contributed by atoms with E-state index in [9.17, 15) is 26.5 Å². The van der Waals surface area contributed by atoms with Crippen molar-refractivity contribution < 1.29 is 35.6 Å². The smallest absolute Gasteiger partial charge is 0.405 e. The minimum absolute atomic E-state index is 0.00756. The topological polar surface area (TPSA) is 47.6 Å². The maximum absolute atomic E-state index is 13.9. The van der Waals surface area contributed by atoms with Gasteiger partial charge in [0.2, 0.25) is 34.8 Å². The number of para-hydroxylation sites is 1. The Balaban J connectivity index is 2.48. The van der Waals surface area contributed by atoms with E-state index in [-0.39, 0.29) is 11.7 Å². The van der Waals surface area contributed by atoms with Crippen LogP contribution < -0.4 is 14.1 Å². The summed E-state index contributed by atoms with van der Waals surface area (Å²) in [6.45, 7) is 5.10. The van der Waals surface area contributed by atoms with Gasteiger partial charge in [-0.1, -0.05) is 32.0 Å². The van der Waals surface area contributed by atoms with Crippen LogP contribution in [0.1, 0.15) is 20.8 Å². The first-order chi connectivity index (χ1) is 12.6. The van der Waals surface area contributed by atoms with Crippen LogP contribution in [0.15, 0.2) is 30.3 Å². The van der Waals surface area contributed by atoms with Gasteiger partial charge >= 0.3 is 7.75 Å². The summed E-state index contributed by atoms with van der Waals surface area (Å²) in [6, 6.07) is 6.92. The van der Waals surface area contributed by atoms with Crippen molar-refractivity contribution in [1.82, 2.24) is 5.09 Å². The van der Waals surface area contributed by atoms with E-state index >= 15 is 0 Å². The predicted molar refractivity (Wildman–Crippen MR) is 89.0 cm³/mol. The molecule has 0 saturated heterocycles. The number of benzene rings is 2. The molecule has 1 N–H and O–H groups in total. The molecule has 2 aromatic carbocycles. The van der Waals surface area contributed by atoms with Crippen LogP contribution in [0.4, 0.5) is 22.0 Å². The van der Waals surface area contributed by atoms with Gasteiger partial charge in [0.1, 0.15) is 5.75 Å². The molecule has 0 radical (unpaired) electrons. The Labute approximate surface area is 152 Å². The second kappa shape index (κ2) is 8.27. The number of hydrogen-bond donors (Lipinski definition) is 1. The Morgan fingerprint density at radius 1 is 0.815 bits per heavy atom. The molecule has 0 bridgehead atoms. The van der Waals surface area contributed by atoms with Gasteiger partial charge in [0.15, 0.2) is 0 Å². The maximum Gasteiger partial charge on any atom is 0.513 e. The highest BCUT2D eigenvalue weighted by molar-refractivity contribution is 7.52. The van der Waals surface area contributed by atoms with Crippen molar-refractivity contribution in [1.29, 1.82) is 0 Å². The zero-order valence-electron chi connectivity index (χ0n) is 14.6. The van der Waals surface area contributed by atoms with E-state index in [0.717, 1.165) is 0 Å². The van der Waals surface area contributed by atoms with Gasteiger partial charge in [0, 0.05) is 6.04 Å². The van der Waals surface area contributed by atoms with Gasteiger partial charge in [-0.2, -0.15) is 13.9 Å². The molecule has 0 spiro atoms. The molecule has 0 fully saturated rings. The van der Waals surface area contributed by atoms with E-state index in [4.69, 9.17) is 9.05 Å². The summed E-state index contributed by atoms with van der Waals surface area (Å²) in [5.74, 6) is -13.1. The van der Waals surface area contributed by atoms with E-state index < -0.39 is 48.6 Å². The van der Waals surface area contributed by atoms with E-state index in [1.165, 1.54) is 24.3 Å². The molecule has 0 aliphatic rings. The minimum atomic E-state index is -4.57. The zero-order valence-corrected chi connectivity index (χ0v) is 15.5. The van der Waals surface area contributed by atoms with E-state index in [0.29, 0.717) is 0 Å². The molecule has 2 atom stereocenters. The molecule has 0 unspecified atom stereocenters. The van der Waals surface area contributed by atoms with Crippen LogP contribution in [0.25, 0.3) is 0 Å². The minimum Gasteiger partial charge on any atom is -0.405 e. The van der Waals surface area contributed by atoms with Gasteiger partial charge in [-0.05, 0) is 25.0 Å². The second-order valence-electron chi connectivity index (χ2n) is 6.05. The fourth-order valence-electron chi connectivity index (χ4n) is 1.88. The van der Waals surface area contributed by atoms with Gasteiger partial charge in [0.25, 0.3) is 0 Å². The Morgan fingerprint density at radius 2 is 1.30 bits per heavy atom. The SMILES string of the molecule is CC(C)[C@H](C)N[P@](=O)(Oc1ccccc1)Oc1c(F)c(F)c(F)c(F)c1F. The van der Waals surface area contributed by atoms with Crippen LogP contribution in [0.3, 0.4) is 0 Å². The van der Waals surface area contributed by atoms with Crippen molar-refractivity contribution in [3.05, 3.63) is 59.4 Å². The summed E-state index contributed by atoms with van der Waals surface area (Å²) in [4.78, 5) is 0. The Hall–Kier alpha value is -2.12. The molecule has 0 amide bonds. The van der Waals surface area contributed by atoms with Crippen molar-refractivity contribution in [2.24, 2.45) is 5.92 Å². The Kier molecular flexibility index (Phi) is 6.49. The van der Waals surface area contributed by atoms with Crippen molar-refractivity contribution in [2.75, 3.05) is 0 Å². The average Bonchev–Trinajstić information content (AvgIpc) is 2.62. The molecular weight excluding hydrogens is 392 g/mol. The highest BCUT2D eigenvalue weighted by atomic mass is 31.2. The monoisotopic (exact) mass is 409 g/mol. The number of nitrogens with one attached hydrogen (secondary N) is 1. The lowest BCUT2D eigenvalue weighted by Crippen LogP contribution is -2.32. The van der Waals surface area contributed by atoms with E-state index in [1.807, 2.05) is 0 Å². The summed E-state index contributed by atoms with van der Waals surface area (Å²) >= 11 is 0. The highest BCUT2D eigenvalue weighted by Crippen LogP contribution is 2.47. The Bertz CT molecular complexity index is 834. The molecule has 0 saturated carbocycles. The number of rotatable bonds is 7. The standard InChI is InChI=1S/C17H17F5NO3P/c1-9(2)10(3)23-27(24,25-11-7-5-4-6-8-11)26-17-15(21)13(19)12(18)14(20)16(17)22/h4-10H,1-3H3,(H,23,24)/t10-,27-/m0/s1. The Morgan fingerprint density at radius 3 is 1.78 bits per heavy atom. The van der Waals surface area contributed by atoms with Crippen LogP contribution in [0.2, 0.25) is 0 Å². The second-order valence-corrected chi connectivity index (χ2v) is 7.67. The first-order valence-corrected chi connectivity index (χ1v) is 9.43.